The van der Waals surface area contributed by atoms with E-state index in [9.17, 15) is 4.79 Å². The first kappa shape index (κ1) is 18.9. The summed E-state index contributed by atoms with van der Waals surface area (Å²) in [6, 6.07) is 2.43. The van der Waals surface area contributed by atoms with Gasteiger partial charge in [0.15, 0.2) is 5.65 Å². The Balaban J connectivity index is 1.86. The maximum Gasteiger partial charge on any atom is 0.253 e. The minimum Gasteiger partial charge on any atom is -0.349 e. The summed E-state index contributed by atoms with van der Waals surface area (Å²) in [4.78, 5) is 17.7. The second kappa shape index (κ2) is 7.37. The van der Waals surface area contributed by atoms with E-state index >= 15 is 0 Å². The number of carbonyl (C=O) groups excluding carboxylic acids is 1. The van der Waals surface area contributed by atoms with Gasteiger partial charge in [0.05, 0.1) is 17.5 Å². The molecule has 3 atom stereocenters. The number of carbonyl (C=O) groups is 1. The van der Waals surface area contributed by atoms with Crippen molar-refractivity contribution in [3.8, 4) is 0 Å². The maximum atomic E-state index is 13.0. The van der Waals surface area contributed by atoms with Crippen molar-refractivity contribution in [2.75, 3.05) is 0 Å². The second-order valence-corrected chi connectivity index (χ2v) is 8.62. The van der Waals surface area contributed by atoms with Crippen LogP contribution in [0.4, 0.5) is 0 Å². The van der Waals surface area contributed by atoms with Gasteiger partial charge in [0.1, 0.15) is 0 Å². The monoisotopic (exact) mass is 356 g/mol. The lowest BCUT2D eigenvalue weighted by atomic mass is 9.74. The third-order valence-corrected chi connectivity index (χ3v) is 5.83. The van der Waals surface area contributed by atoms with Crippen LogP contribution >= 0.6 is 0 Å². The molecule has 1 fully saturated rings. The molecule has 26 heavy (non-hydrogen) atoms. The van der Waals surface area contributed by atoms with Crippen LogP contribution in [0.3, 0.4) is 0 Å². The van der Waals surface area contributed by atoms with E-state index in [0.29, 0.717) is 23.3 Å². The number of rotatable bonds is 4. The van der Waals surface area contributed by atoms with Crippen LogP contribution in [-0.4, -0.2) is 26.7 Å². The van der Waals surface area contributed by atoms with Crippen molar-refractivity contribution >= 4 is 16.9 Å². The Morgan fingerprint density at radius 1 is 1.27 bits per heavy atom. The van der Waals surface area contributed by atoms with Crippen LogP contribution in [0.1, 0.15) is 76.0 Å². The van der Waals surface area contributed by atoms with Crippen molar-refractivity contribution in [3.05, 3.63) is 23.5 Å². The highest BCUT2D eigenvalue weighted by molar-refractivity contribution is 5.98. The van der Waals surface area contributed by atoms with E-state index in [0.717, 1.165) is 23.1 Å². The van der Waals surface area contributed by atoms with Crippen LogP contribution in [0.25, 0.3) is 11.0 Å². The molecule has 3 unspecified atom stereocenters. The molecule has 2 aromatic rings. The number of aromatic nitrogens is 3. The van der Waals surface area contributed by atoms with Crippen LogP contribution in [0.5, 0.6) is 0 Å². The molecule has 0 spiro atoms. The van der Waals surface area contributed by atoms with E-state index in [1.54, 1.807) is 6.20 Å². The summed E-state index contributed by atoms with van der Waals surface area (Å²) in [6.07, 6.45) is 5.32. The molecule has 0 radical (unpaired) electrons. The van der Waals surface area contributed by atoms with Crippen molar-refractivity contribution in [2.24, 2.45) is 17.8 Å². The Labute approximate surface area is 156 Å². The van der Waals surface area contributed by atoms with Gasteiger partial charge in [-0.05, 0) is 57.4 Å². The normalized spacial score (nSPS) is 23.8. The maximum absolute atomic E-state index is 13.0. The molecule has 142 valence electrons. The SMILES string of the molecule is Cc1nc2c(cnn2C(C)C)cc1C(=O)NC1CC(C)CCC1C(C)C. The standard InChI is InChI=1S/C21H32N4O/c1-12(2)17-8-7-14(5)9-19(17)24-21(26)18-10-16-11-22-25(13(3)4)20(16)23-15(18)6/h10-14,17,19H,7-9H2,1-6H3,(H,24,26). The van der Waals surface area contributed by atoms with Gasteiger partial charge in [-0.25, -0.2) is 9.67 Å². The first-order chi connectivity index (χ1) is 12.3. The number of hydrogen-bond acceptors (Lipinski definition) is 3. The van der Waals surface area contributed by atoms with Crippen molar-refractivity contribution in [3.63, 3.8) is 0 Å². The molecule has 2 heterocycles. The van der Waals surface area contributed by atoms with Crippen molar-refractivity contribution in [1.29, 1.82) is 0 Å². The minimum absolute atomic E-state index is 0.000975. The van der Waals surface area contributed by atoms with Gasteiger partial charge in [-0.15, -0.1) is 0 Å². The Morgan fingerprint density at radius 2 is 2.00 bits per heavy atom. The summed E-state index contributed by atoms with van der Waals surface area (Å²) < 4.78 is 1.90. The fraction of sp³-hybridized carbons (Fsp3) is 0.667. The number of aryl methyl sites for hydroxylation is 1. The van der Waals surface area contributed by atoms with E-state index in [2.05, 4.69) is 50.0 Å². The molecule has 0 saturated heterocycles. The van der Waals surface area contributed by atoms with Gasteiger partial charge in [-0.3, -0.25) is 4.79 Å². The van der Waals surface area contributed by atoms with Gasteiger partial charge in [0.2, 0.25) is 0 Å². The van der Waals surface area contributed by atoms with Crippen molar-refractivity contribution < 1.29 is 4.79 Å². The molecule has 3 rings (SSSR count). The van der Waals surface area contributed by atoms with E-state index in [1.165, 1.54) is 12.8 Å². The third kappa shape index (κ3) is 3.62. The predicted octanol–water partition coefficient (Wildman–Crippen LogP) is 4.51. The summed E-state index contributed by atoms with van der Waals surface area (Å²) in [5.41, 5.74) is 2.28. The van der Waals surface area contributed by atoms with E-state index in [4.69, 9.17) is 0 Å². The Kier molecular flexibility index (Phi) is 5.35. The van der Waals surface area contributed by atoms with Crippen LogP contribution in [0.15, 0.2) is 12.3 Å². The molecule has 1 amide bonds. The van der Waals surface area contributed by atoms with Gasteiger partial charge in [0.25, 0.3) is 5.91 Å². The van der Waals surface area contributed by atoms with Crippen molar-refractivity contribution in [1.82, 2.24) is 20.1 Å². The Morgan fingerprint density at radius 3 is 2.65 bits per heavy atom. The van der Waals surface area contributed by atoms with Gasteiger partial charge in [-0.2, -0.15) is 5.10 Å². The smallest absolute Gasteiger partial charge is 0.253 e. The summed E-state index contributed by atoms with van der Waals surface area (Å²) in [7, 11) is 0. The average Bonchev–Trinajstić information content (AvgIpc) is 2.96. The van der Waals surface area contributed by atoms with Gasteiger partial charge in [0, 0.05) is 17.5 Å². The first-order valence-electron chi connectivity index (χ1n) is 9.93. The molecule has 1 aliphatic rings. The van der Waals surface area contributed by atoms with Crippen LogP contribution in [0.2, 0.25) is 0 Å². The largest absolute Gasteiger partial charge is 0.349 e. The van der Waals surface area contributed by atoms with Gasteiger partial charge in [-0.1, -0.05) is 27.2 Å². The fourth-order valence-corrected chi connectivity index (χ4v) is 4.29. The molecule has 1 saturated carbocycles. The summed E-state index contributed by atoms with van der Waals surface area (Å²) >= 11 is 0. The van der Waals surface area contributed by atoms with Gasteiger partial charge >= 0.3 is 0 Å². The average molecular weight is 357 g/mol. The van der Waals surface area contributed by atoms with E-state index in [-0.39, 0.29) is 18.0 Å². The lowest BCUT2D eigenvalue weighted by Crippen LogP contribution is -2.45. The quantitative estimate of drug-likeness (QED) is 0.877. The molecule has 5 heteroatoms. The molecule has 5 nitrogen and oxygen atoms in total. The zero-order valence-electron chi connectivity index (χ0n) is 16.9. The number of fused-ring (bicyclic) bond motifs is 1. The van der Waals surface area contributed by atoms with E-state index < -0.39 is 0 Å². The lowest BCUT2D eigenvalue weighted by Gasteiger charge is -2.37. The fourth-order valence-electron chi connectivity index (χ4n) is 4.29. The third-order valence-electron chi connectivity index (χ3n) is 5.83. The molecule has 2 aromatic heterocycles. The molecule has 0 aromatic carbocycles. The number of nitrogens with one attached hydrogen (secondary N) is 1. The molecular weight excluding hydrogens is 324 g/mol. The van der Waals surface area contributed by atoms with Crippen LogP contribution < -0.4 is 5.32 Å². The highest BCUT2D eigenvalue weighted by Crippen LogP contribution is 2.33. The summed E-state index contributed by atoms with van der Waals surface area (Å²) in [6.45, 7) is 12.9. The summed E-state index contributed by atoms with van der Waals surface area (Å²) in [5, 5.41) is 8.67. The molecular formula is C21H32N4O. The molecule has 1 N–H and O–H groups in total. The number of pyridine rings is 1. The van der Waals surface area contributed by atoms with E-state index in [1.807, 2.05) is 17.7 Å². The molecule has 0 aliphatic heterocycles. The zero-order valence-corrected chi connectivity index (χ0v) is 16.9. The summed E-state index contributed by atoms with van der Waals surface area (Å²) in [5.74, 6) is 1.80. The topological polar surface area (TPSA) is 59.8 Å². The molecule has 1 aliphatic carbocycles. The zero-order chi connectivity index (χ0) is 19.0. The lowest BCUT2D eigenvalue weighted by molar-refractivity contribution is 0.0867. The Hall–Kier alpha value is -1.91. The first-order valence-corrected chi connectivity index (χ1v) is 9.93. The predicted molar refractivity (Wildman–Crippen MR) is 105 cm³/mol. The highest BCUT2D eigenvalue weighted by atomic mass is 16.1. The second-order valence-electron chi connectivity index (χ2n) is 8.62. The Bertz CT molecular complexity index is 793. The van der Waals surface area contributed by atoms with Crippen LogP contribution in [-0.2, 0) is 0 Å². The van der Waals surface area contributed by atoms with Gasteiger partial charge < -0.3 is 5.32 Å². The number of nitrogens with zero attached hydrogens (tertiary/aromatic N) is 3. The molecule has 0 bridgehead atoms. The van der Waals surface area contributed by atoms with Crippen LogP contribution in [0, 0.1) is 24.7 Å². The number of hydrogen-bond donors (Lipinski definition) is 1. The highest BCUT2D eigenvalue weighted by Gasteiger charge is 2.32. The van der Waals surface area contributed by atoms with Crippen molar-refractivity contribution in [2.45, 2.75) is 72.9 Å². The minimum atomic E-state index is -0.000975. The number of amides is 1.